The second kappa shape index (κ2) is 8.26. The number of rotatable bonds is 5. The SMILES string of the molecule is COC(CNC(=O)C(=O)N(C)c1ccc(C)cc1)c1ccccc1. The summed E-state index contributed by atoms with van der Waals surface area (Å²) in [5.41, 5.74) is 2.71. The van der Waals surface area contributed by atoms with E-state index in [1.807, 2.05) is 61.5 Å². The van der Waals surface area contributed by atoms with Gasteiger partial charge in [-0.05, 0) is 24.6 Å². The molecule has 126 valence electrons. The first-order valence-corrected chi connectivity index (χ1v) is 7.73. The lowest BCUT2D eigenvalue weighted by Crippen LogP contribution is -2.42. The van der Waals surface area contributed by atoms with Crippen molar-refractivity contribution in [2.75, 3.05) is 25.6 Å². The minimum absolute atomic E-state index is 0.229. The van der Waals surface area contributed by atoms with Crippen LogP contribution in [0, 0.1) is 6.92 Å². The first kappa shape index (κ1) is 17.7. The van der Waals surface area contributed by atoms with Crippen molar-refractivity contribution in [3.8, 4) is 0 Å². The van der Waals surface area contributed by atoms with E-state index in [0.717, 1.165) is 11.1 Å². The van der Waals surface area contributed by atoms with Gasteiger partial charge in [0.2, 0.25) is 0 Å². The number of likely N-dealkylation sites (N-methyl/N-ethyl adjacent to an activating group) is 1. The van der Waals surface area contributed by atoms with Crippen LogP contribution in [0.2, 0.25) is 0 Å². The molecule has 0 saturated heterocycles. The molecule has 0 aliphatic heterocycles. The maximum absolute atomic E-state index is 12.2. The summed E-state index contributed by atoms with van der Waals surface area (Å²) in [6.07, 6.45) is -0.298. The Bertz CT molecular complexity index is 684. The van der Waals surface area contributed by atoms with Gasteiger partial charge in [-0.2, -0.15) is 0 Å². The number of ether oxygens (including phenoxy) is 1. The highest BCUT2D eigenvalue weighted by Crippen LogP contribution is 2.16. The average Bonchev–Trinajstić information content (AvgIpc) is 2.62. The van der Waals surface area contributed by atoms with E-state index in [9.17, 15) is 9.59 Å². The molecule has 1 atom stereocenters. The van der Waals surface area contributed by atoms with E-state index in [4.69, 9.17) is 4.74 Å². The van der Waals surface area contributed by atoms with Crippen molar-refractivity contribution in [1.29, 1.82) is 0 Å². The van der Waals surface area contributed by atoms with Gasteiger partial charge in [0.1, 0.15) is 0 Å². The monoisotopic (exact) mass is 326 g/mol. The van der Waals surface area contributed by atoms with E-state index in [1.54, 1.807) is 14.2 Å². The Hall–Kier alpha value is -2.66. The topological polar surface area (TPSA) is 58.6 Å². The molecule has 0 heterocycles. The number of hydrogen-bond acceptors (Lipinski definition) is 3. The zero-order chi connectivity index (χ0) is 17.5. The van der Waals surface area contributed by atoms with Gasteiger partial charge in [0, 0.05) is 26.4 Å². The van der Waals surface area contributed by atoms with Crippen LogP contribution in [0.3, 0.4) is 0 Å². The summed E-state index contributed by atoms with van der Waals surface area (Å²) in [6, 6.07) is 17.0. The maximum Gasteiger partial charge on any atom is 0.316 e. The highest BCUT2D eigenvalue weighted by atomic mass is 16.5. The minimum atomic E-state index is -0.656. The highest BCUT2D eigenvalue weighted by Gasteiger charge is 2.21. The van der Waals surface area contributed by atoms with Gasteiger partial charge in [0.15, 0.2) is 0 Å². The number of aryl methyl sites for hydroxylation is 1. The molecule has 1 unspecified atom stereocenters. The van der Waals surface area contributed by atoms with Gasteiger partial charge in [-0.3, -0.25) is 9.59 Å². The van der Waals surface area contributed by atoms with Crippen molar-refractivity contribution < 1.29 is 14.3 Å². The van der Waals surface area contributed by atoms with E-state index >= 15 is 0 Å². The van der Waals surface area contributed by atoms with Crippen molar-refractivity contribution in [3.05, 3.63) is 65.7 Å². The Labute approximate surface area is 142 Å². The molecule has 0 fully saturated rings. The van der Waals surface area contributed by atoms with Crippen LogP contribution in [0.1, 0.15) is 17.2 Å². The van der Waals surface area contributed by atoms with E-state index in [-0.39, 0.29) is 12.6 Å². The number of nitrogens with zero attached hydrogens (tertiary/aromatic N) is 1. The van der Waals surface area contributed by atoms with Crippen LogP contribution >= 0.6 is 0 Å². The number of carbonyl (C=O) groups excluding carboxylic acids is 2. The number of nitrogens with one attached hydrogen (secondary N) is 1. The molecule has 5 heteroatoms. The lowest BCUT2D eigenvalue weighted by molar-refractivity contribution is -0.137. The molecule has 0 bridgehead atoms. The number of amides is 2. The third-order valence-electron chi connectivity index (χ3n) is 3.82. The van der Waals surface area contributed by atoms with E-state index < -0.39 is 11.8 Å². The number of hydrogen-bond donors (Lipinski definition) is 1. The van der Waals surface area contributed by atoms with E-state index in [1.165, 1.54) is 4.90 Å². The Balaban J connectivity index is 1.96. The second-order valence-corrected chi connectivity index (χ2v) is 5.54. The van der Waals surface area contributed by atoms with E-state index in [0.29, 0.717) is 5.69 Å². The first-order chi connectivity index (χ1) is 11.5. The molecule has 0 aliphatic carbocycles. The predicted octanol–water partition coefficient (Wildman–Crippen LogP) is 2.46. The molecule has 24 heavy (non-hydrogen) atoms. The van der Waals surface area contributed by atoms with E-state index in [2.05, 4.69) is 5.32 Å². The van der Waals surface area contributed by atoms with Crippen LogP contribution in [-0.4, -0.2) is 32.5 Å². The zero-order valence-electron chi connectivity index (χ0n) is 14.2. The Morgan fingerprint density at radius 3 is 2.29 bits per heavy atom. The van der Waals surface area contributed by atoms with Crippen LogP contribution in [0.25, 0.3) is 0 Å². The smallest absolute Gasteiger partial charge is 0.316 e. The number of anilines is 1. The Morgan fingerprint density at radius 1 is 1.08 bits per heavy atom. The summed E-state index contributed by atoms with van der Waals surface area (Å²) >= 11 is 0. The van der Waals surface area contributed by atoms with Gasteiger partial charge in [-0.15, -0.1) is 0 Å². The fourth-order valence-corrected chi connectivity index (χ4v) is 2.30. The van der Waals surface area contributed by atoms with Gasteiger partial charge < -0.3 is 15.0 Å². The average molecular weight is 326 g/mol. The van der Waals surface area contributed by atoms with Crippen LogP contribution in [0.4, 0.5) is 5.69 Å². The molecular formula is C19H22N2O3. The highest BCUT2D eigenvalue weighted by molar-refractivity contribution is 6.40. The predicted molar refractivity (Wildman–Crippen MR) is 93.8 cm³/mol. The van der Waals surface area contributed by atoms with Crippen LogP contribution in [0.15, 0.2) is 54.6 Å². The van der Waals surface area contributed by atoms with Crippen molar-refractivity contribution in [3.63, 3.8) is 0 Å². The first-order valence-electron chi connectivity index (χ1n) is 7.73. The molecular weight excluding hydrogens is 304 g/mol. The molecule has 2 rings (SSSR count). The van der Waals surface area contributed by atoms with Crippen molar-refractivity contribution >= 4 is 17.5 Å². The lowest BCUT2D eigenvalue weighted by Gasteiger charge is -2.19. The molecule has 0 spiro atoms. The van der Waals surface area contributed by atoms with Crippen LogP contribution in [-0.2, 0) is 14.3 Å². The lowest BCUT2D eigenvalue weighted by atomic mass is 10.1. The zero-order valence-corrected chi connectivity index (χ0v) is 14.2. The normalized spacial score (nSPS) is 11.6. The molecule has 1 N–H and O–H groups in total. The molecule has 2 aromatic rings. The van der Waals surface area contributed by atoms with Gasteiger partial charge >= 0.3 is 11.8 Å². The standard InChI is InChI=1S/C19H22N2O3/c1-14-9-11-16(12-10-14)21(2)19(23)18(22)20-13-17(24-3)15-7-5-4-6-8-15/h4-12,17H,13H2,1-3H3,(H,20,22). The minimum Gasteiger partial charge on any atom is -0.375 e. The van der Waals surface area contributed by atoms with Gasteiger partial charge in [-0.1, -0.05) is 48.0 Å². The second-order valence-electron chi connectivity index (χ2n) is 5.54. The molecule has 2 aromatic carbocycles. The molecule has 0 radical (unpaired) electrons. The summed E-state index contributed by atoms with van der Waals surface area (Å²) in [5.74, 6) is -1.27. The summed E-state index contributed by atoms with van der Waals surface area (Å²) in [4.78, 5) is 25.7. The number of carbonyl (C=O) groups is 2. The maximum atomic E-state index is 12.2. The number of benzene rings is 2. The van der Waals surface area contributed by atoms with Crippen LogP contribution in [0.5, 0.6) is 0 Å². The van der Waals surface area contributed by atoms with Crippen LogP contribution < -0.4 is 10.2 Å². The number of methoxy groups -OCH3 is 1. The third-order valence-corrected chi connectivity index (χ3v) is 3.82. The Morgan fingerprint density at radius 2 is 1.71 bits per heavy atom. The van der Waals surface area contributed by atoms with Crippen molar-refractivity contribution in [2.45, 2.75) is 13.0 Å². The molecule has 5 nitrogen and oxygen atoms in total. The van der Waals surface area contributed by atoms with Gasteiger partial charge in [0.25, 0.3) is 0 Å². The quantitative estimate of drug-likeness (QED) is 0.859. The fraction of sp³-hybridized carbons (Fsp3) is 0.263. The van der Waals surface area contributed by atoms with Gasteiger partial charge in [-0.25, -0.2) is 0 Å². The third kappa shape index (κ3) is 4.43. The molecule has 2 amide bonds. The van der Waals surface area contributed by atoms with Crippen molar-refractivity contribution in [2.24, 2.45) is 0 Å². The summed E-state index contributed by atoms with van der Waals surface area (Å²) in [6.45, 7) is 2.19. The largest absolute Gasteiger partial charge is 0.375 e. The fourth-order valence-electron chi connectivity index (χ4n) is 2.30. The summed E-state index contributed by atoms with van der Waals surface area (Å²) < 4.78 is 5.39. The summed E-state index contributed by atoms with van der Waals surface area (Å²) in [5, 5.41) is 2.64. The summed E-state index contributed by atoms with van der Waals surface area (Å²) in [7, 11) is 3.15. The molecule has 0 aromatic heterocycles. The van der Waals surface area contributed by atoms with Crippen molar-refractivity contribution in [1.82, 2.24) is 5.32 Å². The molecule has 0 aliphatic rings. The van der Waals surface area contributed by atoms with Gasteiger partial charge in [0.05, 0.1) is 6.10 Å². The molecule has 0 saturated carbocycles. The Kier molecular flexibility index (Phi) is 6.09.